The van der Waals surface area contributed by atoms with Crippen LogP contribution in [0.1, 0.15) is 15.9 Å². The lowest BCUT2D eigenvalue weighted by Gasteiger charge is -2.14. The fourth-order valence-electron chi connectivity index (χ4n) is 3.28. The molecule has 0 saturated carbocycles. The van der Waals surface area contributed by atoms with Gasteiger partial charge in [0.05, 0.1) is 16.2 Å². The number of ketones is 2. The average Bonchev–Trinajstić information content (AvgIpc) is 2.90. The summed E-state index contributed by atoms with van der Waals surface area (Å²) in [6.45, 7) is 0.0480. The highest BCUT2D eigenvalue weighted by Gasteiger charge is 2.24. The highest BCUT2D eigenvalue weighted by Crippen LogP contribution is 2.32. The minimum absolute atomic E-state index is 0.0182. The molecule has 0 saturated heterocycles. The van der Waals surface area contributed by atoms with Crippen molar-refractivity contribution in [3.8, 4) is 11.5 Å². The van der Waals surface area contributed by atoms with Crippen LogP contribution in [0, 0.1) is 0 Å². The molecule has 186 valence electrons. The Morgan fingerprint density at radius 1 is 0.784 bits per heavy atom. The van der Waals surface area contributed by atoms with Gasteiger partial charge < -0.3 is 19.9 Å². The molecule has 9 heteroatoms. The molecule has 37 heavy (non-hydrogen) atoms. The smallest absolute Gasteiger partial charge is 0.336 e. The molecule has 2 N–H and O–H groups in total. The van der Waals surface area contributed by atoms with E-state index in [1.54, 1.807) is 42.5 Å². The van der Waals surface area contributed by atoms with Gasteiger partial charge in [-0.3, -0.25) is 14.4 Å². The number of carbonyl (C=O) groups excluding carboxylic acids is 3. The Morgan fingerprint density at radius 2 is 1.43 bits per heavy atom. The minimum Gasteiger partial charge on any atom is -0.489 e. The first kappa shape index (κ1) is 25.5. The number of carboxylic acid groups (broad SMARTS) is 1. The SMILES string of the molecule is O=C(COc1ccc(OCc2ccccc2)cc1)NC1=CC(=O)C(Sc2ccccc2C(=O)O)=CC1=O. The molecule has 1 aliphatic carbocycles. The van der Waals surface area contributed by atoms with Crippen molar-refractivity contribution in [3.63, 3.8) is 0 Å². The fraction of sp³-hybridized carbons (Fsp3) is 0.0714. The van der Waals surface area contributed by atoms with Crippen molar-refractivity contribution < 1.29 is 33.8 Å². The van der Waals surface area contributed by atoms with Crippen LogP contribution in [-0.4, -0.2) is 35.2 Å². The van der Waals surface area contributed by atoms with Crippen molar-refractivity contribution in [2.45, 2.75) is 11.5 Å². The molecule has 8 nitrogen and oxygen atoms in total. The van der Waals surface area contributed by atoms with Crippen molar-refractivity contribution in [1.29, 1.82) is 0 Å². The Hall–Kier alpha value is -4.63. The Labute approximate surface area is 216 Å². The second-order valence-corrected chi connectivity index (χ2v) is 8.86. The van der Waals surface area contributed by atoms with Gasteiger partial charge in [0.25, 0.3) is 5.91 Å². The van der Waals surface area contributed by atoms with Gasteiger partial charge in [-0.15, -0.1) is 0 Å². The van der Waals surface area contributed by atoms with E-state index in [0.717, 1.165) is 29.5 Å². The van der Waals surface area contributed by atoms with Crippen molar-refractivity contribution in [1.82, 2.24) is 5.32 Å². The maximum absolute atomic E-state index is 12.5. The zero-order valence-corrected chi connectivity index (χ0v) is 20.2. The summed E-state index contributed by atoms with van der Waals surface area (Å²) in [5.74, 6) is -1.79. The van der Waals surface area contributed by atoms with Crippen molar-refractivity contribution in [3.05, 3.63) is 113 Å². The van der Waals surface area contributed by atoms with E-state index in [-0.39, 0.29) is 22.8 Å². The van der Waals surface area contributed by atoms with Crippen molar-refractivity contribution in [2.24, 2.45) is 0 Å². The maximum Gasteiger partial charge on any atom is 0.336 e. The molecule has 0 fully saturated rings. The summed E-state index contributed by atoms with van der Waals surface area (Å²) in [4.78, 5) is 49.1. The summed E-state index contributed by atoms with van der Waals surface area (Å²) in [5.41, 5.74) is 0.874. The number of aromatic carboxylic acids is 1. The number of rotatable bonds is 10. The summed E-state index contributed by atoms with van der Waals surface area (Å²) in [7, 11) is 0. The topological polar surface area (TPSA) is 119 Å². The summed E-state index contributed by atoms with van der Waals surface area (Å²) >= 11 is 0.881. The van der Waals surface area contributed by atoms with Crippen molar-refractivity contribution >= 4 is 35.2 Å². The fourth-order valence-corrected chi connectivity index (χ4v) is 4.25. The molecule has 0 radical (unpaired) electrons. The lowest BCUT2D eigenvalue weighted by atomic mass is 10.1. The Kier molecular flexibility index (Phi) is 8.17. The zero-order valence-electron chi connectivity index (χ0n) is 19.4. The van der Waals surface area contributed by atoms with Gasteiger partial charge in [-0.1, -0.05) is 54.2 Å². The molecule has 0 aromatic heterocycles. The molecule has 0 spiro atoms. The Morgan fingerprint density at radius 3 is 2.14 bits per heavy atom. The van der Waals surface area contributed by atoms with E-state index in [1.807, 2.05) is 30.3 Å². The number of allylic oxidation sites excluding steroid dienone is 3. The largest absolute Gasteiger partial charge is 0.489 e. The molecule has 0 atom stereocenters. The number of carboxylic acids is 1. The number of hydrogen-bond donors (Lipinski definition) is 2. The monoisotopic (exact) mass is 515 g/mol. The van der Waals surface area contributed by atoms with Crippen LogP contribution >= 0.6 is 11.8 Å². The Balaban J connectivity index is 1.28. The van der Waals surface area contributed by atoms with Crippen LogP contribution in [0.5, 0.6) is 11.5 Å². The summed E-state index contributed by atoms with van der Waals surface area (Å²) in [6.07, 6.45) is 2.10. The predicted octanol–water partition coefficient (Wildman–Crippen LogP) is 4.17. The molecule has 0 unspecified atom stereocenters. The minimum atomic E-state index is -1.14. The first-order valence-corrected chi connectivity index (χ1v) is 11.9. The second-order valence-electron chi connectivity index (χ2n) is 7.78. The summed E-state index contributed by atoms with van der Waals surface area (Å²) in [5, 5.41) is 11.7. The highest BCUT2D eigenvalue weighted by atomic mass is 32.2. The lowest BCUT2D eigenvalue weighted by Crippen LogP contribution is -2.33. The van der Waals surface area contributed by atoms with Crippen LogP contribution in [-0.2, 0) is 21.0 Å². The van der Waals surface area contributed by atoms with E-state index in [2.05, 4.69) is 5.32 Å². The quantitative estimate of drug-likeness (QED) is 0.386. The highest BCUT2D eigenvalue weighted by molar-refractivity contribution is 8.04. The number of amides is 1. The molecule has 4 rings (SSSR count). The number of benzene rings is 3. The third kappa shape index (κ3) is 6.96. The summed E-state index contributed by atoms with van der Waals surface area (Å²) < 4.78 is 11.2. The molecule has 3 aromatic rings. The van der Waals surface area contributed by atoms with Gasteiger partial charge in [-0.2, -0.15) is 0 Å². The number of thioether (sulfide) groups is 1. The number of ether oxygens (including phenoxy) is 2. The van der Waals surface area contributed by atoms with E-state index in [9.17, 15) is 24.3 Å². The maximum atomic E-state index is 12.5. The van der Waals surface area contributed by atoms with E-state index in [0.29, 0.717) is 23.0 Å². The van der Waals surface area contributed by atoms with Crippen LogP contribution in [0.2, 0.25) is 0 Å². The molecule has 3 aromatic carbocycles. The van der Waals surface area contributed by atoms with E-state index < -0.39 is 23.4 Å². The first-order valence-electron chi connectivity index (χ1n) is 11.1. The third-order valence-corrected chi connectivity index (χ3v) is 6.21. The van der Waals surface area contributed by atoms with Crippen LogP contribution in [0.3, 0.4) is 0 Å². The third-order valence-electron chi connectivity index (χ3n) is 5.10. The van der Waals surface area contributed by atoms with Crippen molar-refractivity contribution in [2.75, 3.05) is 6.61 Å². The van der Waals surface area contributed by atoms with E-state index in [1.165, 1.54) is 6.07 Å². The van der Waals surface area contributed by atoms with E-state index >= 15 is 0 Å². The standard InChI is InChI=1S/C28H21NO7S/c30-23-15-26(37-25-9-5-4-8-21(25)28(33)34)24(31)14-22(23)29-27(32)17-36-20-12-10-19(11-13-20)35-16-18-6-2-1-3-7-18/h1-15H,16-17H2,(H,29,32)(H,33,34). The van der Waals surface area contributed by atoms with Gasteiger partial charge in [0, 0.05) is 17.0 Å². The van der Waals surface area contributed by atoms with Crippen LogP contribution in [0.4, 0.5) is 0 Å². The number of nitrogens with one attached hydrogen (secondary N) is 1. The Bertz CT molecular complexity index is 1400. The van der Waals surface area contributed by atoms with Gasteiger partial charge in [-0.25, -0.2) is 4.79 Å². The summed E-state index contributed by atoms with van der Waals surface area (Å²) in [6, 6.07) is 22.6. The van der Waals surface area contributed by atoms with Gasteiger partial charge in [0.1, 0.15) is 18.1 Å². The van der Waals surface area contributed by atoms with Gasteiger partial charge in [0.15, 0.2) is 12.4 Å². The van der Waals surface area contributed by atoms with Crippen LogP contribution in [0.25, 0.3) is 0 Å². The van der Waals surface area contributed by atoms with Crippen LogP contribution < -0.4 is 14.8 Å². The molecule has 1 amide bonds. The molecule has 1 aliphatic rings. The predicted molar refractivity (Wildman–Crippen MR) is 136 cm³/mol. The number of hydrogen-bond acceptors (Lipinski definition) is 7. The molecular weight excluding hydrogens is 494 g/mol. The molecule has 0 bridgehead atoms. The normalized spacial score (nSPS) is 12.9. The molecular formula is C28H21NO7S. The first-order chi connectivity index (χ1) is 17.9. The average molecular weight is 516 g/mol. The second kappa shape index (κ2) is 11.9. The lowest BCUT2D eigenvalue weighted by molar-refractivity contribution is -0.124. The number of carbonyl (C=O) groups is 4. The molecule has 0 heterocycles. The van der Waals surface area contributed by atoms with Gasteiger partial charge >= 0.3 is 5.97 Å². The van der Waals surface area contributed by atoms with Gasteiger partial charge in [-0.05, 0) is 42.0 Å². The molecule has 0 aliphatic heterocycles. The van der Waals surface area contributed by atoms with Gasteiger partial charge in [0.2, 0.25) is 5.78 Å². The zero-order chi connectivity index (χ0) is 26.2. The van der Waals surface area contributed by atoms with E-state index in [4.69, 9.17) is 9.47 Å². The van der Waals surface area contributed by atoms with Crippen LogP contribution in [0.15, 0.2) is 107 Å².